The van der Waals surface area contributed by atoms with Gasteiger partial charge in [0.1, 0.15) is 17.7 Å². The van der Waals surface area contributed by atoms with Crippen molar-refractivity contribution in [2.75, 3.05) is 19.8 Å². The predicted octanol–water partition coefficient (Wildman–Crippen LogP) is 5.28. The SMILES string of the molecule is CCOCCC1=C(c2ccc(F)cc2)c2ccc(F)cc2C1OCC. The van der Waals surface area contributed by atoms with Gasteiger partial charge in [-0.25, -0.2) is 8.78 Å². The fraction of sp³-hybridized carbons (Fsp3) is 0.333. The van der Waals surface area contributed by atoms with Gasteiger partial charge in [-0.05, 0) is 72.4 Å². The topological polar surface area (TPSA) is 18.5 Å². The molecule has 0 aliphatic heterocycles. The Bertz CT molecular complexity index is 766. The monoisotopic (exact) mass is 344 g/mol. The van der Waals surface area contributed by atoms with Crippen molar-refractivity contribution in [3.05, 3.63) is 76.4 Å². The summed E-state index contributed by atoms with van der Waals surface area (Å²) in [6.45, 7) is 5.61. The fourth-order valence-electron chi connectivity index (χ4n) is 3.37. The molecule has 132 valence electrons. The van der Waals surface area contributed by atoms with Crippen molar-refractivity contribution >= 4 is 5.57 Å². The molecule has 1 aliphatic rings. The average molecular weight is 344 g/mol. The van der Waals surface area contributed by atoms with Crippen LogP contribution in [0.1, 0.15) is 43.1 Å². The number of halogens is 2. The first-order chi connectivity index (χ1) is 12.2. The lowest BCUT2D eigenvalue weighted by Crippen LogP contribution is -2.07. The van der Waals surface area contributed by atoms with Crippen molar-refractivity contribution in [1.82, 2.24) is 0 Å². The second-order valence-corrected chi connectivity index (χ2v) is 5.92. The van der Waals surface area contributed by atoms with E-state index in [1.165, 1.54) is 24.3 Å². The van der Waals surface area contributed by atoms with Gasteiger partial charge in [0.05, 0.1) is 6.61 Å². The van der Waals surface area contributed by atoms with Crippen molar-refractivity contribution in [2.24, 2.45) is 0 Å². The van der Waals surface area contributed by atoms with Crippen LogP contribution in [0.25, 0.3) is 5.57 Å². The molecule has 0 N–H and O–H groups in total. The van der Waals surface area contributed by atoms with E-state index in [0.29, 0.717) is 26.2 Å². The third kappa shape index (κ3) is 3.65. The minimum atomic E-state index is -0.295. The van der Waals surface area contributed by atoms with Gasteiger partial charge in [0, 0.05) is 13.2 Å². The Morgan fingerprint density at radius 1 is 0.920 bits per heavy atom. The summed E-state index contributed by atoms with van der Waals surface area (Å²) in [6.07, 6.45) is 0.387. The molecule has 0 saturated carbocycles. The number of rotatable bonds is 7. The molecule has 0 aromatic heterocycles. The van der Waals surface area contributed by atoms with Gasteiger partial charge in [-0.15, -0.1) is 0 Å². The lowest BCUT2D eigenvalue weighted by Gasteiger charge is -2.17. The van der Waals surface area contributed by atoms with Gasteiger partial charge in [0.25, 0.3) is 0 Å². The van der Waals surface area contributed by atoms with Crippen LogP contribution >= 0.6 is 0 Å². The van der Waals surface area contributed by atoms with Gasteiger partial charge in [0.15, 0.2) is 0 Å². The molecule has 2 aromatic carbocycles. The van der Waals surface area contributed by atoms with Gasteiger partial charge >= 0.3 is 0 Å². The second kappa shape index (κ2) is 7.89. The second-order valence-electron chi connectivity index (χ2n) is 5.92. The highest BCUT2D eigenvalue weighted by atomic mass is 19.1. The van der Waals surface area contributed by atoms with Crippen molar-refractivity contribution in [3.8, 4) is 0 Å². The molecule has 1 unspecified atom stereocenters. The molecule has 0 heterocycles. The molecule has 0 bridgehead atoms. The van der Waals surface area contributed by atoms with Crippen LogP contribution in [0.15, 0.2) is 48.0 Å². The Morgan fingerprint density at radius 3 is 2.32 bits per heavy atom. The van der Waals surface area contributed by atoms with E-state index in [-0.39, 0.29) is 17.7 Å². The van der Waals surface area contributed by atoms with Crippen molar-refractivity contribution < 1.29 is 18.3 Å². The van der Waals surface area contributed by atoms with Gasteiger partial charge in [-0.3, -0.25) is 0 Å². The van der Waals surface area contributed by atoms with Gasteiger partial charge in [-0.1, -0.05) is 18.2 Å². The van der Waals surface area contributed by atoms with E-state index in [2.05, 4.69) is 0 Å². The molecule has 25 heavy (non-hydrogen) atoms. The lowest BCUT2D eigenvalue weighted by atomic mass is 9.96. The van der Waals surface area contributed by atoms with Crippen LogP contribution in [0.5, 0.6) is 0 Å². The Hall–Kier alpha value is -2.04. The zero-order valence-corrected chi connectivity index (χ0v) is 14.5. The number of hydrogen-bond acceptors (Lipinski definition) is 2. The molecule has 1 aliphatic carbocycles. The van der Waals surface area contributed by atoms with Crippen LogP contribution in [0.3, 0.4) is 0 Å². The van der Waals surface area contributed by atoms with Crippen LogP contribution in [0.4, 0.5) is 8.78 Å². The third-order valence-corrected chi connectivity index (χ3v) is 4.39. The van der Waals surface area contributed by atoms with E-state index in [9.17, 15) is 8.78 Å². The molecular weight excluding hydrogens is 322 g/mol. The molecule has 2 aromatic rings. The molecular formula is C21H22F2O2. The molecule has 0 radical (unpaired) electrons. The summed E-state index contributed by atoms with van der Waals surface area (Å²) in [6, 6.07) is 11.2. The van der Waals surface area contributed by atoms with Crippen molar-refractivity contribution in [2.45, 2.75) is 26.4 Å². The van der Waals surface area contributed by atoms with Gasteiger partial charge in [0.2, 0.25) is 0 Å². The normalized spacial score (nSPS) is 16.4. The van der Waals surface area contributed by atoms with Crippen LogP contribution in [0.2, 0.25) is 0 Å². The minimum absolute atomic E-state index is 0.279. The summed E-state index contributed by atoms with van der Waals surface area (Å²) in [5.41, 5.74) is 4.73. The zero-order valence-electron chi connectivity index (χ0n) is 14.5. The first-order valence-corrected chi connectivity index (χ1v) is 8.63. The number of ether oxygens (including phenoxy) is 2. The molecule has 1 atom stereocenters. The van der Waals surface area contributed by atoms with E-state index < -0.39 is 0 Å². The van der Waals surface area contributed by atoms with Crippen molar-refractivity contribution in [1.29, 1.82) is 0 Å². The molecule has 0 saturated heterocycles. The maximum atomic E-state index is 13.8. The largest absolute Gasteiger partial charge is 0.381 e. The summed E-state index contributed by atoms with van der Waals surface area (Å²) in [4.78, 5) is 0. The highest BCUT2D eigenvalue weighted by Gasteiger charge is 2.32. The van der Waals surface area contributed by atoms with E-state index >= 15 is 0 Å². The third-order valence-electron chi connectivity index (χ3n) is 4.39. The van der Waals surface area contributed by atoms with Crippen LogP contribution in [-0.4, -0.2) is 19.8 Å². The first-order valence-electron chi connectivity index (χ1n) is 8.63. The zero-order chi connectivity index (χ0) is 17.8. The molecule has 2 nitrogen and oxygen atoms in total. The molecule has 0 amide bonds. The van der Waals surface area contributed by atoms with E-state index in [0.717, 1.165) is 27.8 Å². The number of hydrogen-bond donors (Lipinski definition) is 0. The first kappa shape index (κ1) is 17.8. The lowest BCUT2D eigenvalue weighted by molar-refractivity contribution is 0.0817. The summed E-state index contributed by atoms with van der Waals surface area (Å²) in [5.74, 6) is -0.563. The molecule has 3 rings (SSSR count). The van der Waals surface area contributed by atoms with Gasteiger partial charge in [-0.2, -0.15) is 0 Å². The standard InChI is InChI=1S/C21H22F2O2/c1-3-24-12-11-18-20(14-5-7-15(22)8-6-14)17-10-9-16(23)13-19(17)21(18)25-4-2/h5-10,13,21H,3-4,11-12H2,1-2H3. The summed E-state index contributed by atoms with van der Waals surface area (Å²) in [5, 5.41) is 0. The maximum Gasteiger partial charge on any atom is 0.123 e. The van der Waals surface area contributed by atoms with E-state index in [4.69, 9.17) is 9.47 Å². The predicted molar refractivity (Wildman–Crippen MR) is 94.3 cm³/mol. The molecule has 0 spiro atoms. The number of benzene rings is 2. The van der Waals surface area contributed by atoms with Crippen molar-refractivity contribution in [3.63, 3.8) is 0 Å². The summed E-state index contributed by atoms with van der Waals surface area (Å²) in [7, 11) is 0. The quantitative estimate of drug-likeness (QED) is 0.636. The highest BCUT2D eigenvalue weighted by molar-refractivity contribution is 5.88. The smallest absolute Gasteiger partial charge is 0.123 e. The fourth-order valence-corrected chi connectivity index (χ4v) is 3.37. The molecule has 0 fully saturated rings. The maximum absolute atomic E-state index is 13.8. The Morgan fingerprint density at radius 2 is 1.64 bits per heavy atom. The van der Waals surface area contributed by atoms with E-state index in [1.54, 1.807) is 18.2 Å². The van der Waals surface area contributed by atoms with E-state index in [1.807, 2.05) is 13.8 Å². The Kier molecular flexibility index (Phi) is 5.61. The summed E-state index contributed by atoms with van der Waals surface area (Å²) >= 11 is 0. The van der Waals surface area contributed by atoms with Crippen LogP contribution in [-0.2, 0) is 9.47 Å². The Balaban J connectivity index is 2.12. The van der Waals surface area contributed by atoms with Crippen LogP contribution in [0, 0.1) is 11.6 Å². The highest BCUT2D eigenvalue weighted by Crippen LogP contribution is 2.47. The average Bonchev–Trinajstić information content (AvgIpc) is 2.90. The Labute approximate surface area is 147 Å². The minimum Gasteiger partial charge on any atom is -0.381 e. The molecule has 4 heteroatoms. The number of fused-ring (bicyclic) bond motifs is 1. The van der Waals surface area contributed by atoms with Crippen LogP contribution < -0.4 is 0 Å². The van der Waals surface area contributed by atoms with Gasteiger partial charge < -0.3 is 9.47 Å². The summed E-state index contributed by atoms with van der Waals surface area (Å²) < 4.78 is 38.7.